The molecule has 28 heavy (non-hydrogen) atoms. The molecule has 7 nitrogen and oxygen atoms in total. The van der Waals surface area contributed by atoms with Gasteiger partial charge in [0.2, 0.25) is 0 Å². The molecule has 1 fully saturated rings. The third-order valence-corrected chi connectivity index (χ3v) is 4.70. The number of nitrogens with one attached hydrogen (secondary N) is 1. The van der Waals surface area contributed by atoms with Crippen molar-refractivity contribution in [3.05, 3.63) is 47.1 Å². The Morgan fingerprint density at radius 2 is 2.07 bits per heavy atom. The van der Waals surface area contributed by atoms with Crippen LogP contribution in [-0.4, -0.2) is 43.4 Å². The highest BCUT2D eigenvalue weighted by Gasteiger charge is 2.22. The molecule has 2 heterocycles. The summed E-state index contributed by atoms with van der Waals surface area (Å²) in [4.78, 5) is 11.2. The highest BCUT2D eigenvalue weighted by Crippen LogP contribution is 2.27. The molecule has 1 aromatic carbocycles. The van der Waals surface area contributed by atoms with Crippen LogP contribution >= 0.6 is 11.6 Å². The van der Waals surface area contributed by atoms with Gasteiger partial charge in [-0.15, -0.1) is 0 Å². The molecule has 2 unspecified atom stereocenters. The predicted octanol–water partition coefficient (Wildman–Crippen LogP) is 3.28. The number of nitrogens with zero attached hydrogens (tertiary/aromatic N) is 3. The maximum atomic E-state index is 6.12. The van der Waals surface area contributed by atoms with E-state index in [4.69, 9.17) is 26.8 Å². The monoisotopic (exact) mass is 403 g/mol. The molecule has 0 aliphatic carbocycles. The number of guanidine groups is 1. The lowest BCUT2D eigenvalue weighted by molar-refractivity contribution is -0.00545. The smallest absolute Gasteiger partial charge is 0.193 e. The third-order valence-electron chi connectivity index (χ3n) is 4.41. The molecule has 0 saturated carbocycles. The number of pyridine rings is 1. The van der Waals surface area contributed by atoms with Crippen molar-refractivity contribution in [1.82, 2.24) is 4.98 Å². The Balaban J connectivity index is 1.58. The molecule has 1 aromatic heterocycles. The second-order valence-electron chi connectivity index (χ2n) is 6.86. The fourth-order valence-electron chi connectivity index (χ4n) is 3.17. The maximum Gasteiger partial charge on any atom is 0.193 e. The molecule has 2 aromatic rings. The Kier molecular flexibility index (Phi) is 6.59. The maximum absolute atomic E-state index is 6.12. The van der Waals surface area contributed by atoms with Crippen LogP contribution < -0.4 is 20.7 Å². The van der Waals surface area contributed by atoms with Gasteiger partial charge in [-0.05, 0) is 43.7 Å². The van der Waals surface area contributed by atoms with E-state index in [1.807, 2.05) is 24.4 Å². The number of aliphatic imine (C=N–C) groups is 1. The van der Waals surface area contributed by atoms with E-state index < -0.39 is 0 Å². The average molecular weight is 404 g/mol. The zero-order valence-electron chi connectivity index (χ0n) is 16.4. The number of ether oxygens (including phenoxy) is 2. The van der Waals surface area contributed by atoms with E-state index in [0.29, 0.717) is 23.3 Å². The lowest BCUT2D eigenvalue weighted by Crippen LogP contribution is -2.45. The molecule has 1 aliphatic heterocycles. The molecular weight excluding hydrogens is 378 g/mol. The standard InChI is InChI=1S/C20H26ClN5O2/c1-13-11-26(12-14(2)28-13)19-7-4-15(9-23-19)10-24-20(22)25-16-5-6-18(27-3)17(21)8-16/h4-9,13-14H,10-12H2,1-3H3,(H3,22,24,25). The topological polar surface area (TPSA) is 85.0 Å². The number of hydrogen-bond donors (Lipinski definition) is 2. The molecule has 150 valence electrons. The number of nitrogens with two attached hydrogens (primary N) is 1. The highest BCUT2D eigenvalue weighted by atomic mass is 35.5. The van der Waals surface area contributed by atoms with Gasteiger partial charge in [0.25, 0.3) is 0 Å². The first-order valence-electron chi connectivity index (χ1n) is 9.20. The van der Waals surface area contributed by atoms with Gasteiger partial charge in [-0.2, -0.15) is 0 Å². The van der Waals surface area contributed by atoms with E-state index in [1.165, 1.54) is 0 Å². The summed E-state index contributed by atoms with van der Waals surface area (Å²) in [5.74, 6) is 1.87. The van der Waals surface area contributed by atoms with Gasteiger partial charge in [-0.25, -0.2) is 9.98 Å². The first-order chi connectivity index (χ1) is 13.4. The summed E-state index contributed by atoms with van der Waals surface area (Å²) in [5.41, 5.74) is 7.70. The summed E-state index contributed by atoms with van der Waals surface area (Å²) >= 11 is 6.12. The summed E-state index contributed by atoms with van der Waals surface area (Å²) < 4.78 is 10.9. The van der Waals surface area contributed by atoms with Gasteiger partial charge in [-0.3, -0.25) is 0 Å². The van der Waals surface area contributed by atoms with Gasteiger partial charge in [0.05, 0.1) is 30.9 Å². The van der Waals surface area contributed by atoms with Crippen LogP contribution in [0.5, 0.6) is 5.75 Å². The number of morpholine rings is 1. The molecule has 0 spiro atoms. The van der Waals surface area contributed by atoms with Crippen LogP contribution in [0.2, 0.25) is 5.02 Å². The van der Waals surface area contributed by atoms with Gasteiger partial charge in [0.1, 0.15) is 11.6 Å². The van der Waals surface area contributed by atoms with Crippen molar-refractivity contribution in [2.24, 2.45) is 10.7 Å². The average Bonchev–Trinajstić information content (AvgIpc) is 2.66. The molecule has 1 aliphatic rings. The summed E-state index contributed by atoms with van der Waals surface area (Å²) in [6, 6.07) is 9.38. The second-order valence-corrected chi connectivity index (χ2v) is 7.27. The van der Waals surface area contributed by atoms with Crippen LogP contribution in [0.4, 0.5) is 11.5 Å². The molecule has 8 heteroatoms. The zero-order chi connectivity index (χ0) is 20.1. The molecule has 0 radical (unpaired) electrons. The minimum atomic E-state index is 0.201. The van der Waals surface area contributed by atoms with E-state index in [9.17, 15) is 0 Å². The Bertz CT molecular complexity index is 818. The van der Waals surface area contributed by atoms with Crippen molar-refractivity contribution in [3.63, 3.8) is 0 Å². The van der Waals surface area contributed by atoms with Crippen LogP contribution in [0.15, 0.2) is 41.5 Å². The lowest BCUT2D eigenvalue weighted by Gasteiger charge is -2.36. The normalized spacial score (nSPS) is 20.1. The van der Waals surface area contributed by atoms with Gasteiger partial charge in [-0.1, -0.05) is 17.7 Å². The number of halogens is 1. The Labute approximate surface area is 170 Å². The molecule has 0 bridgehead atoms. The van der Waals surface area contributed by atoms with E-state index in [-0.39, 0.29) is 12.2 Å². The predicted molar refractivity (Wildman–Crippen MR) is 113 cm³/mol. The number of hydrogen-bond acceptors (Lipinski definition) is 5. The van der Waals surface area contributed by atoms with E-state index in [1.54, 1.807) is 19.2 Å². The van der Waals surface area contributed by atoms with E-state index in [0.717, 1.165) is 30.2 Å². The van der Waals surface area contributed by atoms with Crippen molar-refractivity contribution in [3.8, 4) is 5.75 Å². The van der Waals surface area contributed by atoms with Crippen LogP contribution in [0.3, 0.4) is 0 Å². The fourth-order valence-corrected chi connectivity index (χ4v) is 3.43. The molecular formula is C20H26ClN5O2. The van der Waals surface area contributed by atoms with Crippen LogP contribution in [0.25, 0.3) is 0 Å². The van der Waals surface area contributed by atoms with Crippen LogP contribution in [0.1, 0.15) is 19.4 Å². The van der Waals surface area contributed by atoms with Gasteiger partial charge in [0, 0.05) is 25.0 Å². The summed E-state index contributed by atoms with van der Waals surface area (Å²) in [5, 5.41) is 3.53. The number of methoxy groups -OCH3 is 1. The number of benzene rings is 1. The number of anilines is 2. The first kappa shape index (κ1) is 20.2. The number of rotatable bonds is 5. The fraction of sp³-hybridized carbons (Fsp3) is 0.400. The van der Waals surface area contributed by atoms with Gasteiger partial charge < -0.3 is 25.4 Å². The van der Waals surface area contributed by atoms with Crippen molar-refractivity contribution < 1.29 is 9.47 Å². The van der Waals surface area contributed by atoms with Crippen molar-refractivity contribution in [1.29, 1.82) is 0 Å². The number of aromatic nitrogens is 1. The Morgan fingerprint density at radius 3 is 2.68 bits per heavy atom. The van der Waals surface area contributed by atoms with Crippen molar-refractivity contribution in [2.45, 2.75) is 32.6 Å². The van der Waals surface area contributed by atoms with Gasteiger partial charge >= 0.3 is 0 Å². The van der Waals surface area contributed by atoms with E-state index >= 15 is 0 Å². The molecule has 2 atom stereocenters. The molecule has 1 saturated heterocycles. The third kappa shape index (κ3) is 5.27. The largest absolute Gasteiger partial charge is 0.495 e. The minimum absolute atomic E-state index is 0.201. The molecule has 0 amide bonds. The van der Waals surface area contributed by atoms with E-state index in [2.05, 4.69) is 34.0 Å². The summed E-state index contributed by atoms with van der Waals surface area (Å²) in [6.07, 6.45) is 2.24. The zero-order valence-corrected chi connectivity index (χ0v) is 17.1. The van der Waals surface area contributed by atoms with Gasteiger partial charge in [0.15, 0.2) is 5.96 Å². The lowest BCUT2D eigenvalue weighted by atomic mass is 10.2. The summed E-state index contributed by atoms with van der Waals surface area (Å²) in [7, 11) is 1.57. The first-order valence-corrected chi connectivity index (χ1v) is 9.58. The summed E-state index contributed by atoms with van der Waals surface area (Å²) in [6.45, 7) is 6.28. The van der Waals surface area contributed by atoms with Crippen LogP contribution in [-0.2, 0) is 11.3 Å². The Morgan fingerprint density at radius 1 is 1.32 bits per heavy atom. The molecule has 3 N–H and O–H groups in total. The van der Waals surface area contributed by atoms with Crippen molar-refractivity contribution in [2.75, 3.05) is 30.4 Å². The Hall–Kier alpha value is -2.51. The highest BCUT2D eigenvalue weighted by molar-refractivity contribution is 6.32. The SMILES string of the molecule is COc1ccc(NC(N)=NCc2ccc(N3CC(C)OC(C)C3)nc2)cc1Cl. The quantitative estimate of drug-likeness (QED) is 0.588. The van der Waals surface area contributed by atoms with Crippen LogP contribution in [0, 0.1) is 0 Å². The second kappa shape index (κ2) is 9.12. The van der Waals surface area contributed by atoms with Crippen molar-refractivity contribution >= 4 is 29.1 Å². The molecule has 3 rings (SSSR count). The minimum Gasteiger partial charge on any atom is -0.495 e.